The highest BCUT2D eigenvalue weighted by Gasteiger charge is 2.13. The Bertz CT molecular complexity index is 2900. The van der Waals surface area contributed by atoms with Gasteiger partial charge in [0, 0.05) is 32.3 Å². The molecule has 0 saturated heterocycles. The highest BCUT2D eigenvalue weighted by Crippen LogP contribution is 2.38. The minimum absolute atomic E-state index is 0.888. The third-order valence-electron chi connectivity index (χ3n) is 10.3. The van der Waals surface area contributed by atoms with Gasteiger partial charge in [-0.15, -0.1) is 0 Å². The van der Waals surface area contributed by atoms with Crippen LogP contribution in [0.15, 0.2) is 183 Å². The van der Waals surface area contributed by atoms with Crippen LogP contribution in [-0.2, 0) is 0 Å². The summed E-state index contributed by atoms with van der Waals surface area (Å²) in [5.74, 6) is 0. The molecule has 3 heteroatoms. The molecule has 0 N–H and O–H groups in total. The molecule has 8 aromatic carbocycles. The van der Waals surface area contributed by atoms with E-state index in [1.54, 1.807) is 0 Å². The number of fused-ring (bicyclic) bond motifs is 9. The zero-order valence-corrected chi connectivity index (χ0v) is 27.4. The largest absolute Gasteiger partial charge is 0.456 e. The molecule has 0 aliphatic rings. The van der Waals surface area contributed by atoms with Gasteiger partial charge in [0.15, 0.2) is 0 Å². The Morgan fingerprint density at radius 3 is 0.922 bits per heavy atom. The standard InChI is InChI=1S/C48H28O3/c1-3-7-43-37(5-1)41-25-33(19-23-45(41)49-43)29-9-13-31(14-10-29)35-17-21-39-40-22-18-36(28-48(40)51-47(39)27-35)32-15-11-30(12-16-32)34-20-24-46-42(26-34)38-6-2-4-8-44(38)50-46/h1-28H. The average molecular weight is 653 g/mol. The fourth-order valence-corrected chi connectivity index (χ4v) is 7.66. The number of hydrogen-bond acceptors (Lipinski definition) is 3. The summed E-state index contributed by atoms with van der Waals surface area (Å²) in [6.45, 7) is 0. The van der Waals surface area contributed by atoms with Gasteiger partial charge < -0.3 is 13.3 Å². The van der Waals surface area contributed by atoms with Gasteiger partial charge in [0.2, 0.25) is 0 Å². The minimum Gasteiger partial charge on any atom is -0.456 e. The fraction of sp³-hybridized carbons (Fsp3) is 0. The maximum Gasteiger partial charge on any atom is 0.136 e. The smallest absolute Gasteiger partial charge is 0.136 e. The Labute approximate surface area is 292 Å². The van der Waals surface area contributed by atoms with Gasteiger partial charge in [0.1, 0.15) is 33.5 Å². The summed E-state index contributed by atoms with van der Waals surface area (Å²) < 4.78 is 18.5. The average Bonchev–Trinajstić information content (AvgIpc) is 3.88. The number of benzene rings is 8. The molecule has 3 heterocycles. The van der Waals surface area contributed by atoms with Crippen LogP contribution in [0.4, 0.5) is 0 Å². The van der Waals surface area contributed by atoms with E-state index in [-0.39, 0.29) is 0 Å². The Hall–Kier alpha value is -6.84. The molecule has 0 fully saturated rings. The predicted octanol–water partition coefficient (Wildman–Crippen LogP) is 14.1. The first-order valence-corrected chi connectivity index (χ1v) is 17.2. The molecule has 0 spiro atoms. The normalized spacial score (nSPS) is 11.9. The summed E-state index contributed by atoms with van der Waals surface area (Å²) in [4.78, 5) is 0. The monoisotopic (exact) mass is 652 g/mol. The van der Waals surface area contributed by atoms with Crippen molar-refractivity contribution in [2.75, 3.05) is 0 Å². The van der Waals surface area contributed by atoms with E-state index in [2.05, 4.69) is 146 Å². The molecule has 0 amide bonds. The lowest BCUT2D eigenvalue weighted by molar-refractivity contribution is 0.668. The van der Waals surface area contributed by atoms with Crippen molar-refractivity contribution < 1.29 is 13.3 Å². The quantitative estimate of drug-likeness (QED) is 0.190. The Morgan fingerprint density at radius 2 is 0.490 bits per heavy atom. The Balaban J connectivity index is 0.878. The van der Waals surface area contributed by atoms with Gasteiger partial charge in [0.25, 0.3) is 0 Å². The zero-order chi connectivity index (χ0) is 33.5. The number of para-hydroxylation sites is 2. The molecule has 0 radical (unpaired) electrons. The van der Waals surface area contributed by atoms with Crippen LogP contribution >= 0.6 is 0 Å². The molecule has 0 aliphatic heterocycles. The molecule has 3 aromatic heterocycles. The number of rotatable bonds is 4. The summed E-state index contributed by atoms with van der Waals surface area (Å²) in [6.07, 6.45) is 0. The van der Waals surface area contributed by atoms with Crippen LogP contribution in [0, 0.1) is 0 Å². The Kier molecular flexibility index (Phi) is 5.96. The first-order valence-electron chi connectivity index (χ1n) is 17.2. The summed E-state index contributed by atoms with van der Waals surface area (Å²) in [5.41, 5.74) is 14.7. The van der Waals surface area contributed by atoms with Gasteiger partial charge in [-0.1, -0.05) is 109 Å². The first kappa shape index (κ1) is 28.0. The lowest BCUT2D eigenvalue weighted by Gasteiger charge is -2.06. The molecule has 238 valence electrons. The Morgan fingerprint density at radius 1 is 0.196 bits per heavy atom. The molecule has 11 aromatic rings. The van der Waals surface area contributed by atoms with Crippen LogP contribution in [0.5, 0.6) is 0 Å². The van der Waals surface area contributed by atoms with Crippen molar-refractivity contribution in [3.63, 3.8) is 0 Å². The highest BCUT2D eigenvalue weighted by atomic mass is 16.3. The topological polar surface area (TPSA) is 39.4 Å². The van der Waals surface area contributed by atoms with Crippen LogP contribution in [0.2, 0.25) is 0 Å². The van der Waals surface area contributed by atoms with E-state index in [0.717, 1.165) is 88.1 Å². The molecular formula is C48H28O3. The van der Waals surface area contributed by atoms with Crippen molar-refractivity contribution in [3.05, 3.63) is 170 Å². The van der Waals surface area contributed by atoms with Crippen molar-refractivity contribution in [1.29, 1.82) is 0 Å². The molecule has 0 saturated carbocycles. The van der Waals surface area contributed by atoms with Gasteiger partial charge in [-0.2, -0.15) is 0 Å². The van der Waals surface area contributed by atoms with Crippen LogP contribution < -0.4 is 0 Å². The summed E-state index contributed by atoms with van der Waals surface area (Å²) in [5, 5.41) is 6.80. The SMILES string of the molecule is c1ccc2c(c1)oc1ccc(-c3ccc(-c4ccc5c(c4)oc4cc(-c6ccc(-c7ccc8oc9ccccc9c8c7)cc6)ccc45)cc3)cc12. The molecule has 51 heavy (non-hydrogen) atoms. The second-order valence-corrected chi connectivity index (χ2v) is 13.3. The minimum atomic E-state index is 0.888. The van der Waals surface area contributed by atoms with Gasteiger partial charge >= 0.3 is 0 Å². The molecule has 0 atom stereocenters. The van der Waals surface area contributed by atoms with E-state index in [0.29, 0.717) is 0 Å². The van der Waals surface area contributed by atoms with Crippen LogP contribution in [0.1, 0.15) is 0 Å². The fourth-order valence-electron chi connectivity index (χ4n) is 7.66. The highest BCUT2D eigenvalue weighted by molar-refractivity contribution is 6.08. The summed E-state index contributed by atoms with van der Waals surface area (Å²) in [6, 6.07) is 59.8. The van der Waals surface area contributed by atoms with Crippen LogP contribution in [-0.4, -0.2) is 0 Å². The predicted molar refractivity (Wildman–Crippen MR) is 210 cm³/mol. The molecule has 0 unspecified atom stereocenters. The number of furan rings is 3. The van der Waals surface area contributed by atoms with Crippen molar-refractivity contribution in [1.82, 2.24) is 0 Å². The van der Waals surface area contributed by atoms with E-state index in [4.69, 9.17) is 13.3 Å². The van der Waals surface area contributed by atoms with Crippen molar-refractivity contribution in [2.24, 2.45) is 0 Å². The van der Waals surface area contributed by atoms with E-state index in [9.17, 15) is 0 Å². The lowest BCUT2D eigenvalue weighted by Crippen LogP contribution is -1.81. The second kappa shape index (κ2) is 10.8. The molecule has 0 aliphatic carbocycles. The summed E-state index contributed by atoms with van der Waals surface area (Å²) >= 11 is 0. The lowest BCUT2D eigenvalue weighted by atomic mass is 9.97. The maximum absolute atomic E-state index is 6.48. The zero-order valence-electron chi connectivity index (χ0n) is 27.4. The number of hydrogen-bond donors (Lipinski definition) is 0. The van der Waals surface area contributed by atoms with Crippen molar-refractivity contribution in [3.8, 4) is 44.5 Å². The molecule has 3 nitrogen and oxygen atoms in total. The third kappa shape index (κ3) is 4.52. The molecular weight excluding hydrogens is 625 g/mol. The van der Waals surface area contributed by atoms with Gasteiger partial charge in [-0.3, -0.25) is 0 Å². The second-order valence-electron chi connectivity index (χ2n) is 13.3. The van der Waals surface area contributed by atoms with E-state index < -0.39 is 0 Å². The first-order chi connectivity index (χ1) is 25.2. The summed E-state index contributed by atoms with van der Waals surface area (Å²) in [7, 11) is 0. The third-order valence-corrected chi connectivity index (χ3v) is 10.3. The molecule has 11 rings (SSSR count). The van der Waals surface area contributed by atoms with E-state index >= 15 is 0 Å². The maximum atomic E-state index is 6.48. The van der Waals surface area contributed by atoms with Crippen molar-refractivity contribution in [2.45, 2.75) is 0 Å². The van der Waals surface area contributed by atoms with Gasteiger partial charge in [-0.05, 0) is 105 Å². The van der Waals surface area contributed by atoms with Gasteiger partial charge in [-0.25, -0.2) is 0 Å². The van der Waals surface area contributed by atoms with Gasteiger partial charge in [0.05, 0.1) is 0 Å². The van der Waals surface area contributed by atoms with Crippen molar-refractivity contribution >= 4 is 65.8 Å². The van der Waals surface area contributed by atoms with Crippen LogP contribution in [0.3, 0.4) is 0 Å². The van der Waals surface area contributed by atoms with Crippen LogP contribution in [0.25, 0.3) is 110 Å². The molecule has 0 bridgehead atoms. The van der Waals surface area contributed by atoms with E-state index in [1.807, 2.05) is 24.3 Å². The van der Waals surface area contributed by atoms with E-state index in [1.165, 1.54) is 22.3 Å².